The maximum absolute atomic E-state index is 12.6. The highest BCUT2D eigenvalue weighted by molar-refractivity contribution is 6.31. The van der Waals surface area contributed by atoms with Crippen molar-refractivity contribution in [2.75, 3.05) is 18.0 Å². The summed E-state index contributed by atoms with van der Waals surface area (Å²) in [6, 6.07) is 7.30. The van der Waals surface area contributed by atoms with Gasteiger partial charge in [-0.05, 0) is 36.6 Å². The van der Waals surface area contributed by atoms with Crippen molar-refractivity contribution in [1.82, 2.24) is 0 Å². The van der Waals surface area contributed by atoms with Crippen molar-refractivity contribution in [1.29, 1.82) is 5.26 Å². The molecule has 0 bridgehead atoms. The van der Waals surface area contributed by atoms with Crippen molar-refractivity contribution >= 4 is 17.3 Å². The van der Waals surface area contributed by atoms with Crippen molar-refractivity contribution in [2.45, 2.75) is 25.4 Å². The third-order valence-electron chi connectivity index (χ3n) is 3.62. The van der Waals surface area contributed by atoms with Crippen LogP contribution in [0.15, 0.2) is 18.2 Å². The molecule has 20 heavy (non-hydrogen) atoms. The van der Waals surface area contributed by atoms with Crippen LogP contribution >= 0.6 is 11.6 Å². The van der Waals surface area contributed by atoms with Crippen LogP contribution in [0.2, 0.25) is 5.02 Å². The molecule has 6 heteroatoms. The monoisotopic (exact) mass is 302 g/mol. The fraction of sp³-hybridized carbons (Fsp3) is 0.500. The molecule has 108 valence electrons. The number of halogens is 4. The first-order valence-corrected chi connectivity index (χ1v) is 6.76. The van der Waals surface area contributed by atoms with Gasteiger partial charge in [0.25, 0.3) is 0 Å². The molecule has 1 heterocycles. The van der Waals surface area contributed by atoms with Crippen LogP contribution in [0.5, 0.6) is 0 Å². The Morgan fingerprint density at radius 1 is 1.30 bits per heavy atom. The largest absolute Gasteiger partial charge is 0.391 e. The average molecular weight is 303 g/mol. The van der Waals surface area contributed by atoms with E-state index in [4.69, 9.17) is 16.9 Å². The molecule has 0 N–H and O–H groups in total. The maximum atomic E-state index is 12.6. The molecule has 1 aromatic carbocycles. The highest BCUT2D eigenvalue weighted by atomic mass is 35.5. The molecular formula is C14H14ClF3N2. The van der Waals surface area contributed by atoms with Crippen molar-refractivity contribution in [3.8, 4) is 6.07 Å². The van der Waals surface area contributed by atoms with Crippen LogP contribution in [0.3, 0.4) is 0 Å². The van der Waals surface area contributed by atoms with Gasteiger partial charge in [-0.25, -0.2) is 0 Å². The first-order valence-electron chi connectivity index (χ1n) is 6.39. The number of alkyl halides is 3. The van der Waals surface area contributed by atoms with E-state index < -0.39 is 12.1 Å². The molecule has 2 nitrogen and oxygen atoms in total. The van der Waals surface area contributed by atoms with Gasteiger partial charge in [0.15, 0.2) is 0 Å². The van der Waals surface area contributed by atoms with Crippen LogP contribution < -0.4 is 4.90 Å². The molecule has 0 atom stereocenters. The fourth-order valence-electron chi connectivity index (χ4n) is 2.44. The number of nitrogens with zero attached hydrogens (tertiary/aromatic N) is 2. The van der Waals surface area contributed by atoms with Gasteiger partial charge in [-0.3, -0.25) is 0 Å². The Morgan fingerprint density at radius 2 is 1.95 bits per heavy atom. The SMILES string of the molecule is N#CCc1cc(N2CCC(C(F)(F)F)CC2)ccc1Cl. The maximum Gasteiger partial charge on any atom is 0.391 e. The molecule has 1 aliphatic heterocycles. The molecule has 0 spiro atoms. The standard InChI is InChI=1S/C14H14ClF3N2/c15-13-2-1-12(9-10(13)3-6-19)20-7-4-11(5-8-20)14(16,17)18/h1-2,9,11H,3-5,7-8H2. The van der Waals surface area contributed by atoms with E-state index in [1.54, 1.807) is 18.2 Å². The van der Waals surface area contributed by atoms with Crippen LogP contribution in [0, 0.1) is 17.2 Å². The Morgan fingerprint density at radius 3 is 2.50 bits per heavy atom. The number of hydrogen-bond donors (Lipinski definition) is 0. The van der Waals surface area contributed by atoms with Gasteiger partial charge >= 0.3 is 6.18 Å². The lowest BCUT2D eigenvalue weighted by atomic mass is 9.95. The van der Waals surface area contributed by atoms with E-state index in [1.165, 1.54) is 0 Å². The minimum atomic E-state index is -4.10. The van der Waals surface area contributed by atoms with Crippen molar-refractivity contribution in [2.24, 2.45) is 5.92 Å². The summed E-state index contributed by atoms with van der Waals surface area (Å²) < 4.78 is 37.8. The Kier molecular flexibility index (Phi) is 4.44. The van der Waals surface area contributed by atoms with Gasteiger partial charge in [0, 0.05) is 23.8 Å². The van der Waals surface area contributed by atoms with E-state index in [0.717, 1.165) is 5.69 Å². The Labute approximate surface area is 120 Å². The summed E-state index contributed by atoms with van der Waals surface area (Å²) in [7, 11) is 0. The van der Waals surface area contributed by atoms with E-state index in [-0.39, 0.29) is 19.3 Å². The number of nitriles is 1. The fourth-order valence-corrected chi connectivity index (χ4v) is 2.63. The molecule has 1 aliphatic rings. The second kappa shape index (κ2) is 5.92. The molecule has 0 saturated carbocycles. The summed E-state index contributed by atoms with van der Waals surface area (Å²) in [4.78, 5) is 1.92. The highest BCUT2D eigenvalue weighted by Gasteiger charge is 2.41. The lowest BCUT2D eigenvalue weighted by Crippen LogP contribution is -2.39. The Hall–Kier alpha value is -1.41. The zero-order valence-electron chi connectivity index (χ0n) is 10.8. The quantitative estimate of drug-likeness (QED) is 0.819. The van der Waals surface area contributed by atoms with Crippen molar-refractivity contribution < 1.29 is 13.2 Å². The second-order valence-corrected chi connectivity index (χ2v) is 5.32. The Bertz CT molecular complexity index is 514. The van der Waals surface area contributed by atoms with Gasteiger partial charge in [0.1, 0.15) is 0 Å². The first-order chi connectivity index (χ1) is 9.41. The molecule has 0 amide bonds. The summed E-state index contributed by atoms with van der Waals surface area (Å²) in [5, 5.41) is 9.24. The second-order valence-electron chi connectivity index (χ2n) is 4.91. The zero-order chi connectivity index (χ0) is 14.8. The summed E-state index contributed by atoms with van der Waals surface area (Å²) in [6.07, 6.45) is -3.68. The average Bonchev–Trinajstić information content (AvgIpc) is 2.41. The summed E-state index contributed by atoms with van der Waals surface area (Å²) >= 11 is 5.98. The molecule has 0 unspecified atom stereocenters. The number of anilines is 1. The molecule has 0 aliphatic carbocycles. The first kappa shape index (κ1) is 15.0. The molecule has 1 aromatic rings. The molecule has 2 rings (SSSR count). The zero-order valence-corrected chi connectivity index (χ0v) is 11.5. The van der Waals surface area contributed by atoms with E-state index in [2.05, 4.69) is 0 Å². The smallest absolute Gasteiger partial charge is 0.371 e. The molecular weight excluding hydrogens is 289 g/mol. The van der Waals surface area contributed by atoms with Gasteiger partial charge in [-0.2, -0.15) is 18.4 Å². The third kappa shape index (κ3) is 3.37. The number of piperidine rings is 1. The van der Waals surface area contributed by atoms with Crippen LogP contribution in [0.25, 0.3) is 0 Å². The van der Waals surface area contributed by atoms with E-state index in [1.807, 2.05) is 11.0 Å². The summed E-state index contributed by atoms with van der Waals surface area (Å²) in [5.74, 6) is -1.20. The minimum Gasteiger partial charge on any atom is -0.371 e. The topological polar surface area (TPSA) is 27.0 Å². The number of rotatable bonds is 2. The summed E-state index contributed by atoms with van der Waals surface area (Å²) in [6.45, 7) is 0.746. The van der Waals surface area contributed by atoms with Gasteiger partial charge in [-0.15, -0.1) is 0 Å². The molecule has 0 radical (unpaired) electrons. The lowest BCUT2D eigenvalue weighted by molar-refractivity contribution is -0.179. The van der Waals surface area contributed by atoms with Crippen molar-refractivity contribution in [3.05, 3.63) is 28.8 Å². The van der Waals surface area contributed by atoms with Gasteiger partial charge in [0.05, 0.1) is 18.4 Å². The van der Waals surface area contributed by atoms with Gasteiger partial charge in [-0.1, -0.05) is 11.6 Å². The van der Waals surface area contributed by atoms with Crippen LogP contribution in [0.1, 0.15) is 18.4 Å². The van der Waals surface area contributed by atoms with Crippen LogP contribution in [0.4, 0.5) is 18.9 Å². The summed E-state index contributed by atoms with van der Waals surface area (Å²) in [5.41, 5.74) is 1.55. The molecule has 0 aromatic heterocycles. The Balaban J connectivity index is 2.08. The number of benzene rings is 1. The van der Waals surface area contributed by atoms with Gasteiger partial charge in [0.2, 0.25) is 0 Å². The third-order valence-corrected chi connectivity index (χ3v) is 3.99. The van der Waals surface area contributed by atoms with Crippen molar-refractivity contribution in [3.63, 3.8) is 0 Å². The lowest BCUT2D eigenvalue weighted by Gasteiger charge is -2.34. The van der Waals surface area contributed by atoms with Gasteiger partial charge < -0.3 is 4.90 Å². The predicted octanol–water partition coefficient (Wildman–Crippen LogP) is 4.18. The van der Waals surface area contributed by atoms with E-state index in [9.17, 15) is 13.2 Å². The highest BCUT2D eigenvalue weighted by Crippen LogP contribution is 2.35. The normalized spacial score (nSPS) is 17.1. The molecule has 1 saturated heterocycles. The predicted molar refractivity (Wildman–Crippen MR) is 71.8 cm³/mol. The van der Waals surface area contributed by atoms with E-state index in [0.29, 0.717) is 23.7 Å². The van der Waals surface area contributed by atoms with Crippen LogP contribution in [-0.4, -0.2) is 19.3 Å². The minimum absolute atomic E-state index is 0.111. The van der Waals surface area contributed by atoms with E-state index >= 15 is 0 Å². The molecule has 1 fully saturated rings. The van der Waals surface area contributed by atoms with Crippen LogP contribution in [-0.2, 0) is 6.42 Å². The number of hydrogen-bond acceptors (Lipinski definition) is 2.